The van der Waals surface area contributed by atoms with E-state index < -0.39 is 0 Å². The van der Waals surface area contributed by atoms with Gasteiger partial charge in [0.2, 0.25) is 5.95 Å². The number of aromatic nitrogens is 2. The second kappa shape index (κ2) is 4.47. The van der Waals surface area contributed by atoms with E-state index in [0.29, 0.717) is 17.9 Å². The Balaban J connectivity index is 2.99. The first-order valence-electron chi connectivity index (χ1n) is 5.25. The van der Waals surface area contributed by atoms with E-state index in [-0.39, 0.29) is 0 Å². The highest BCUT2D eigenvalue weighted by atomic mass is 15.2. The summed E-state index contributed by atoms with van der Waals surface area (Å²) in [5.41, 5.74) is 6.65. The van der Waals surface area contributed by atoms with E-state index in [1.807, 2.05) is 14.0 Å². The third kappa shape index (κ3) is 2.58. The highest BCUT2D eigenvalue weighted by molar-refractivity contribution is 5.48. The van der Waals surface area contributed by atoms with Crippen LogP contribution < -0.4 is 10.6 Å². The lowest BCUT2D eigenvalue weighted by Gasteiger charge is -2.29. The van der Waals surface area contributed by atoms with Gasteiger partial charge in [0.1, 0.15) is 5.82 Å². The zero-order chi connectivity index (χ0) is 11.6. The van der Waals surface area contributed by atoms with Crippen molar-refractivity contribution in [3.05, 3.63) is 11.8 Å². The van der Waals surface area contributed by atoms with Crippen LogP contribution in [0.4, 0.5) is 11.8 Å². The molecule has 1 rings (SSSR count). The molecule has 0 bridgehead atoms. The summed E-state index contributed by atoms with van der Waals surface area (Å²) in [6.07, 6.45) is 1.77. The summed E-state index contributed by atoms with van der Waals surface area (Å²) in [5.74, 6) is 1.83. The van der Waals surface area contributed by atoms with Crippen LogP contribution in [0, 0.1) is 12.8 Å². The molecule has 1 atom stereocenters. The Labute approximate surface area is 91.5 Å². The van der Waals surface area contributed by atoms with Gasteiger partial charge in [0.25, 0.3) is 0 Å². The molecule has 1 unspecified atom stereocenters. The lowest BCUT2D eigenvalue weighted by Crippen LogP contribution is -2.34. The number of rotatable bonds is 3. The van der Waals surface area contributed by atoms with Gasteiger partial charge < -0.3 is 10.6 Å². The largest absolute Gasteiger partial charge is 0.368 e. The van der Waals surface area contributed by atoms with Crippen molar-refractivity contribution in [2.75, 3.05) is 17.7 Å². The van der Waals surface area contributed by atoms with E-state index in [4.69, 9.17) is 5.73 Å². The average Bonchev–Trinajstić information content (AvgIpc) is 2.19. The van der Waals surface area contributed by atoms with Crippen LogP contribution in [-0.4, -0.2) is 23.1 Å². The van der Waals surface area contributed by atoms with Crippen LogP contribution in [-0.2, 0) is 0 Å². The van der Waals surface area contributed by atoms with Gasteiger partial charge in [-0.3, -0.25) is 0 Å². The minimum absolute atomic E-state index is 0.332. The summed E-state index contributed by atoms with van der Waals surface area (Å²) in [5, 5.41) is 0. The van der Waals surface area contributed by atoms with Crippen LogP contribution in [0.15, 0.2) is 6.20 Å². The molecular weight excluding hydrogens is 188 g/mol. The van der Waals surface area contributed by atoms with Crippen LogP contribution in [0.2, 0.25) is 0 Å². The van der Waals surface area contributed by atoms with E-state index in [1.54, 1.807) is 6.20 Å². The maximum absolute atomic E-state index is 5.59. The van der Waals surface area contributed by atoms with Gasteiger partial charge in [-0.05, 0) is 19.8 Å². The van der Waals surface area contributed by atoms with Gasteiger partial charge in [-0.1, -0.05) is 13.8 Å². The molecule has 0 fully saturated rings. The van der Waals surface area contributed by atoms with Crippen molar-refractivity contribution in [2.45, 2.75) is 33.7 Å². The minimum Gasteiger partial charge on any atom is -0.368 e. The van der Waals surface area contributed by atoms with E-state index in [0.717, 1.165) is 11.4 Å². The van der Waals surface area contributed by atoms with Gasteiger partial charge in [-0.25, -0.2) is 4.98 Å². The number of hydrogen-bond donors (Lipinski definition) is 1. The number of nitrogen functional groups attached to an aromatic ring is 1. The molecule has 0 aliphatic rings. The third-order valence-corrected chi connectivity index (χ3v) is 2.87. The van der Waals surface area contributed by atoms with Crippen LogP contribution in [0.25, 0.3) is 0 Å². The molecule has 0 amide bonds. The van der Waals surface area contributed by atoms with Gasteiger partial charge in [0, 0.05) is 24.8 Å². The van der Waals surface area contributed by atoms with Crippen molar-refractivity contribution in [3.8, 4) is 0 Å². The molecule has 2 N–H and O–H groups in total. The average molecular weight is 208 g/mol. The third-order valence-electron chi connectivity index (χ3n) is 2.87. The fourth-order valence-electron chi connectivity index (χ4n) is 1.44. The first-order valence-corrected chi connectivity index (χ1v) is 5.25. The number of nitrogens with zero attached hydrogens (tertiary/aromatic N) is 3. The fourth-order valence-corrected chi connectivity index (χ4v) is 1.44. The van der Waals surface area contributed by atoms with Crippen LogP contribution in [0.5, 0.6) is 0 Å². The summed E-state index contributed by atoms with van der Waals surface area (Å²) < 4.78 is 0. The highest BCUT2D eigenvalue weighted by Gasteiger charge is 2.16. The maximum Gasteiger partial charge on any atom is 0.221 e. The monoisotopic (exact) mass is 208 g/mol. The molecule has 15 heavy (non-hydrogen) atoms. The molecule has 1 heterocycles. The molecule has 0 aliphatic heterocycles. The molecule has 0 radical (unpaired) electrons. The molecule has 1 aromatic rings. The Morgan fingerprint density at radius 2 is 1.93 bits per heavy atom. The van der Waals surface area contributed by atoms with E-state index in [9.17, 15) is 0 Å². The van der Waals surface area contributed by atoms with Gasteiger partial charge in [0.05, 0.1) is 0 Å². The van der Waals surface area contributed by atoms with Crippen molar-refractivity contribution in [1.29, 1.82) is 0 Å². The van der Waals surface area contributed by atoms with Crippen molar-refractivity contribution < 1.29 is 0 Å². The van der Waals surface area contributed by atoms with Crippen molar-refractivity contribution in [2.24, 2.45) is 5.92 Å². The van der Waals surface area contributed by atoms with Crippen LogP contribution in [0.3, 0.4) is 0 Å². The molecule has 0 saturated heterocycles. The molecule has 0 spiro atoms. The lowest BCUT2D eigenvalue weighted by atomic mass is 10.1. The second-order valence-corrected chi connectivity index (χ2v) is 4.33. The summed E-state index contributed by atoms with van der Waals surface area (Å²) in [7, 11) is 2.04. The van der Waals surface area contributed by atoms with Gasteiger partial charge in [-0.15, -0.1) is 0 Å². The fraction of sp³-hybridized carbons (Fsp3) is 0.636. The summed E-state index contributed by atoms with van der Waals surface area (Å²) in [4.78, 5) is 10.4. The Hall–Kier alpha value is -1.32. The lowest BCUT2D eigenvalue weighted by molar-refractivity contribution is 0.502. The molecule has 4 nitrogen and oxygen atoms in total. The number of anilines is 2. The quantitative estimate of drug-likeness (QED) is 0.823. The first kappa shape index (κ1) is 11.8. The zero-order valence-corrected chi connectivity index (χ0v) is 10.2. The molecule has 84 valence electrons. The maximum atomic E-state index is 5.59. The molecule has 0 aliphatic carbocycles. The summed E-state index contributed by atoms with van der Waals surface area (Å²) in [6.45, 7) is 8.57. The Kier molecular flexibility index (Phi) is 3.50. The van der Waals surface area contributed by atoms with Crippen molar-refractivity contribution >= 4 is 11.8 Å². The predicted octanol–water partition coefficient (Wildman–Crippen LogP) is 1.85. The summed E-state index contributed by atoms with van der Waals surface area (Å²) >= 11 is 0. The van der Waals surface area contributed by atoms with Crippen molar-refractivity contribution in [3.63, 3.8) is 0 Å². The Morgan fingerprint density at radius 3 is 2.47 bits per heavy atom. The second-order valence-electron chi connectivity index (χ2n) is 4.33. The highest BCUT2D eigenvalue weighted by Crippen LogP contribution is 2.20. The van der Waals surface area contributed by atoms with E-state index in [1.165, 1.54) is 0 Å². The molecule has 4 heteroatoms. The zero-order valence-electron chi connectivity index (χ0n) is 10.2. The van der Waals surface area contributed by atoms with Gasteiger partial charge in [0.15, 0.2) is 0 Å². The van der Waals surface area contributed by atoms with E-state index in [2.05, 4.69) is 35.6 Å². The summed E-state index contributed by atoms with van der Waals surface area (Å²) in [6, 6.07) is 0.429. The smallest absolute Gasteiger partial charge is 0.221 e. The van der Waals surface area contributed by atoms with Gasteiger partial charge in [-0.2, -0.15) is 4.98 Å². The number of nitrogens with two attached hydrogens (primary N) is 1. The number of hydrogen-bond acceptors (Lipinski definition) is 4. The molecule has 1 aromatic heterocycles. The SMILES string of the molecule is Cc1cnc(N)nc1N(C)C(C)C(C)C. The molecule has 0 saturated carbocycles. The van der Waals surface area contributed by atoms with Crippen LogP contribution >= 0.6 is 0 Å². The Bertz CT molecular complexity index is 335. The number of aryl methyl sites for hydroxylation is 1. The normalized spacial score (nSPS) is 12.9. The molecular formula is C11H20N4. The topological polar surface area (TPSA) is 55.0 Å². The molecule has 0 aromatic carbocycles. The Morgan fingerprint density at radius 1 is 1.33 bits per heavy atom. The van der Waals surface area contributed by atoms with E-state index >= 15 is 0 Å². The van der Waals surface area contributed by atoms with Crippen molar-refractivity contribution in [1.82, 2.24) is 9.97 Å². The van der Waals surface area contributed by atoms with Gasteiger partial charge >= 0.3 is 0 Å². The first-order chi connectivity index (χ1) is 6.93. The predicted molar refractivity (Wildman–Crippen MR) is 63.9 cm³/mol. The standard InChI is InChI=1S/C11H20N4/c1-7(2)9(4)15(5)10-8(3)6-13-11(12)14-10/h6-7,9H,1-5H3,(H2,12,13,14). The minimum atomic E-state index is 0.332. The van der Waals surface area contributed by atoms with Crippen LogP contribution in [0.1, 0.15) is 26.3 Å².